The van der Waals surface area contributed by atoms with Crippen molar-refractivity contribution in [3.05, 3.63) is 60.6 Å². The summed E-state index contributed by atoms with van der Waals surface area (Å²) in [5.41, 5.74) is 1.29. The van der Waals surface area contributed by atoms with Gasteiger partial charge in [0.05, 0.1) is 16.8 Å². The lowest BCUT2D eigenvalue weighted by Crippen LogP contribution is -2.13. The van der Waals surface area contributed by atoms with Crippen molar-refractivity contribution in [3.8, 4) is 11.4 Å². The molecule has 0 aliphatic rings. The smallest absolute Gasteiger partial charge is 0.268 e. The first kappa shape index (κ1) is 13.6. The van der Waals surface area contributed by atoms with E-state index >= 15 is 0 Å². The third kappa shape index (κ3) is 2.36. The van der Waals surface area contributed by atoms with Crippen molar-refractivity contribution in [2.24, 2.45) is 0 Å². The van der Waals surface area contributed by atoms with Gasteiger partial charge in [-0.15, -0.1) is 0 Å². The Bertz CT molecular complexity index is 866. The topological polar surface area (TPSA) is 65.1 Å². The van der Waals surface area contributed by atoms with Crippen molar-refractivity contribution in [2.75, 3.05) is 0 Å². The molecule has 0 atom stereocenters. The first-order valence-electron chi connectivity index (χ1n) is 6.07. The molecule has 5 nitrogen and oxygen atoms in total. The van der Waals surface area contributed by atoms with Crippen LogP contribution in [0.25, 0.3) is 11.4 Å². The molecule has 3 rings (SSSR count). The van der Waals surface area contributed by atoms with Gasteiger partial charge in [0.1, 0.15) is 17.8 Å². The van der Waals surface area contributed by atoms with E-state index in [-0.39, 0.29) is 16.3 Å². The van der Waals surface area contributed by atoms with E-state index in [2.05, 4.69) is 4.98 Å². The van der Waals surface area contributed by atoms with Gasteiger partial charge >= 0.3 is 0 Å². The fourth-order valence-electron chi connectivity index (χ4n) is 1.96. The molecule has 0 saturated carbocycles. The fraction of sp³-hybridized carbons (Fsp3) is 0.0714. The summed E-state index contributed by atoms with van der Waals surface area (Å²) in [5, 5.41) is 0. The third-order valence-corrected chi connectivity index (χ3v) is 4.71. The number of aromatic nitrogens is 2. The van der Waals surface area contributed by atoms with Crippen LogP contribution in [0, 0.1) is 12.7 Å². The quantitative estimate of drug-likeness (QED) is 0.746. The lowest BCUT2D eigenvalue weighted by atomic mass is 10.2. The molecule has 0 saturated heterocycles. The average Bonchev–Trinajstić information content (AvgIpc) is 3.08. The maximum atomic E-state index is 13.5. The number of halogens is 1. The molecule has 7 heteroatoms. The Morgan fingerprint density at radius 1 is 1.24 bits per heavy atom. The van der Waals surface area contributed by atoms with Gasteiger partial charge < -0.3 is 4.42 Å². The van der Waals surface area contributed by atoms with E-state index in [0.717, 1.165) is 28.2 Å². The monoisotopic (exact) mass is 306 g/mol. The van der Waals surface area contributed by atoms with Crippen LogP contribution in [0.2, 0.25) is 0 Å². The van der Waals surface area contributed by atoms with E-state index in [9.17, 15) is 12.8 Å². The highest BCUT2D eigenvalue weighted by Crippen LogP contribution is 2.25. The summed E-state index contributed by atoms with van der Waals surface area (Å²) < 4.78 is 44.5. The zero-order valence-electron chi connectivity index (χ0n) is 11.0. The molecule has 108 valence electrons. The molecule has 0 aliphatic carbocycles. The molecular formula is C14H11FN2O3S. The van der Waals surface area contributed by atoms with Crippen LogP contribution in [0.4, 0.5) is 4.39 Å². The van der Waals surface area contributed by atoms with E-state index < -0.39 is 15.8 Å². The Hall–Kier alpha value is -2.41. The number of nitrogens with zero attached hydrogens (tertiary/aromatic N) is 2. The second-order valence-corrected chi connectivity index (χ2v) is 6.35. The normalized spacial score (nSPS) is 11.7. The summed E-state index contributed by atoms with van der Waals surface area (Å²) in [6, 6.07) is 7.43. The van der Waals surface area contributed by atoms with Crippen LogP contribution in [0.3, 0.4) is 0 Å². The van der Waals surface area contributed by atoms with Crippen molar-refractivity contribution in [2.45, 2.75) is 11.8 Å². The van der Waals surface area contributed by atoms with Gasteiger partial charge in [0.15, 0.2) is 6.39 Å². The summed E-state index contributed by atoms with van der Waals surface area (Å²) >= 11 is 0. The lowest BCUT2D eigenvalue weighted by molar-refractivity contribution is 0.558. The number of rotatable bonds is 3. The summed E-state index contributed by atoms with van der Waals surface area (Å²) in [7, 11) is -3.90. The Kier molecular flexibility index (Phi) is 3.13. The molecule has 0 aliphatic heterocycles. The van der Waals surface area contributed by atoms with Crippen LogP contribution in [-0.2, 0) is 10.0 Å². The molecule has 0 spiro atoms. The molecule has 2 aromatic heterocycles. The van der Waals surface area contributed by atoms with Gasteiger partial charge in [0.25, 0.3) is 10.0 Å². The highest BCUT2D eigenvalue weighted by molar-refractivity contribution is 7.90. The molecule has 0 amide bonds. The third-order valence-electron chi connectivity index (χ3n) is 3.03. The number of oxazole rings is 1. The molecule has 21 heavy (non-hydrogen) atoms. The van der Waals surface area contributed by atoms with Gasteiger partial charge in [-0.05, 0) is 19.1 Å². The maximum absolute atomic E-state index is 13.5. The van der Waals surface area contributed by atoms with Crippen LogP contribution in [0.15, 0.2) is 58.5 Å². The van der Waals surface area contributed by atoms with Crippen LogP contribution in [0.5, 0.6) is 0 Å². The predicted octanol–water partition coefficient (Wildman–Crippen LogP) is 2.83. The highest BCUT2D eigenvalue weighted by atomic mass is 32.2. The van der Waals surface area contributed by atoms with E-state index in [1.54, 1.807) is 12.1 Å². The van der Waals surface area contributed by atoms with Crippen molar-refractivity contribution < 1.29 is 17.2 Å². The Morgan fingerprint density at radius 3 is 2.57 bits per heavy atom. The van der Waals surface area contributed by atoms with Crippen LogP contribution in [-0.4, -0.2) is 17.4 Å². The molecule has 0 fully saturated rings. The molecular weight excluding hydrogens is 295 g/mol. The SMILES string of the molecule is Cc1ccc(S(=O)(=O)n2cc(F)cc2-c2cocn2)cc1. The van der Waals surface area contributed by atoms with Crippen LogP contribution < -0.4 is 0 Å². The second-order valence-electron chi connectivity index (χ2n) is 4.53. The summed E-state index contributed by atoms with van der Waals surface area (Å²) in [5.74, 6) is -0.663. The molecule has 2 heterocycles. The molecule has 0 N–H and O–H groups in total. The van der Waals surface area contributed by atoms with Crippen molar-refractivity contribution in [1.82, 2.24) is 8.96 Å². The Labute approximate surface area is 120 Å². The molecule has 3 aromatic rings. The van der Waals surface area contributed by atoms with Gasteiger partial charge in [0, 0.05) is 6.07 Å². The zero-order chi connectivity index (χ0) is 15.0. The number of aryl methyl sites for hydroxylation is 1. The minimum Gasteiger partial charge on any atom is -0.451 e. The molecule has 0 radical (unpaired) electrons. The van der Waals surface area contributed by atoms with Crippen molar-refractivity contribution in [1.29, 1.82) is 0 Å². The Balaban J connectivity index is 2.18. The Morgan fingerprint density at radius 2 is 1.95 bits per heavy atom. The van der Waals surface area contributed by atoms with E-state index in [1.807, 2.05) is 6.92 Å². The zero-order valence-corrected chi connectivity index (χ0v) is 11.8. The molecule has 1 aromatic carbocycles. The van der Waals surface area contributed by atoms with E-state index in [0.29, 0.717) is 0 Å². The van der Waals surface area contributed by atoms with E-state index in [4.69, 9.17) is 4.42 Å². The first-order valence-corrected chi connectivity index (χ1v) is 7.51. The summed E-state index contributed by atoms with van der Waals surface area (Å²) in [4.78, 5) is 3.94. The van der Waals surface area contributed by atoms with Crippen molar-refractivity contribution in [3.63, 3.8) is 0 Å². The minimum atomic E-state index is -3.90. The largest absolute Gasteiger partial charge is 0.451 e. The highest BCUT2D eigenvalue weighted by Gasteiger charge is 2.23. The lowest BCUT2D eigenvalue weighted by Gasteiger charge is -2.09. The standard InChI is InChI=1S/C14H11FN2O3S/c1-10-2-4-12(5-3-10)21(18,19)17-7-11(15)6-14(17)13-8-20-9-16-13/h2-9H,1H3. The van der Waals surface area contributed by atoms with Crippen LogP contribution in [0.1, 0.15) is 5.56 Å². The average molecular weight is 306 g/mol. The van der Waals surface area contributed by atoms with Gasteiger partial charge in [0.2, 0.25) is 0 Å². The summed E-state index contributed by atoms with van der Waals surface area (Å²) in [6.07, 6.45) is 3.33. The predicted molar refractivity (Wildman–Crippen MR) is 73.6 cm³/mol. The van der Waals surface area contributed by atoms with Crippen LogP contribution >= 0.6 is 0 Å². The van der Waals surface area contributed by atoms with Gasteiger partial charge in [-0.3, -0.25) is 0 Å². The van der Waals surface area contributed by atoms with Crippen molar-refractivity contribution >= 4 is 10.0 Å². The maximum Gasteiger partial charge on any atom is 0.268 e. The first-order chi connectivity index (χ1) is 9.98. The number of hydrogen-bond donors (Lipinski definition) is 0. The number of hydrogen-bond acceptors (Lipinski definition) is 4. The molecule has 0 unspecified atom stereocenters. The summed E-state index contributed by atoms with van der Waals surface area (Å²) in [6.45, 7) is 1.85. The van der Waals surface area contributed by atoms with Gasteiger partial charge in [-0.1, -0.05) is 17.7 Å². The second kappa shape index (κ2) is 4.85. The fourth-order valence-corrected chi connectivity index (χ4v) is 3.31. The van der Waals surface area contributed by atoms with Gasteiger partial charge in [-0.25, -0.2) is 21.8 Å². The minimum absolute atomic E-state index is 0.0773. The molecule has 0 bridgehead atoms. The van der Waals surface area contributed by atoms with E-state index in [1.165, 1.54) is 18.4 Å². The van der Waals surface area contributed by atoms with Gasteiger partial charge in [-0.2, -0.15) is 0 Å². The number of benzene rings is 1.